The molecule has 0 amide bonds. The fourth-order valence-corrected chi connectivity index (χ4v) is 5.46. The smallest absolute Gasteiger partial charge is 0.193 e. The topological polar surface area (TPSA) is 175 Å². The minimum absolute atomic E-state index is 0.186. The summed E-state index contributed by atoms with van der Waals surface area (Å²) in [5.41, 5.74) is 3.68. The zero-order valence-electron chi connectivity index (χ0n) is 23.4. The zero-order chi connectivity index (χ0) is 29.6. The van der Waals surface area contributed by atoms with Crippen molar-refractivity contribution in [1.29, 1.82) is 0 Å². The Bertz CT molecular complexity index is 1480. The van der Waals surface area contributed by atoms with Crippen molar-refractivity contribution >= 4 is 22.4 Å². The molecule has 3 aliphatic heterocycles. The van der Waals surface area contributed by atoms with Crippen LogP contribution >= 0.6 is 0 Å². The highest BCUT2D eigenvalue weighted by molar-refractivity contribution is 6.13. The van der Waals surface area contributed by atoms with E-state index in [0.717, 1.165) is 23.4 Å². The third-order valence-corrected chi connectivity index (χ3v) is 7.77. The Balaban J connectivity index is 1.46. The zero-order valence-corrected chi connectivity index (χ0v) is 23.4. The number of rotatable bonds is 10. The molecule has 222 valence electrons. The van der Waals surface area contributed by atoms with E-state index >= 15 is 0 Å². The van der Waals surface area contributed by atoms with E-state index < -0.39 is 49.3 Å². The van der Waals surface area contributed by atoms with Crippen LogP contribution in [-0.2, 0) is 16.2 Å². The summed E-state index contributed by atoms with van der Waals surface area (Å²) in [6, 6.07) is 3.19. The van der Waals surface area contributed by atoms with E-state index in [0.29, 0.717) is 40.3 Å². The monoisotopic (exact) mass is 572 g/mol. The number of aliphatic hydroxyl groups is 5. The maximum Gasteiger partial charge on any atom is 0.193 e. The molecule has 0 radical (unpaired) electrons. The molecule has 4 heterocycles. The van der Waals surface area contributed by atoms with Gasteiger partial charge in [0.2, 0.25) is 0 Å². The molecule has 0 fully saturated rings. The Morgan fingerprint density at radius 3 is 2.61 bits per heavy atom. The Hall–Kier alpha value is -3.10. The van der Waals surface area contributed by atoms with Crippen molar-refractivity contribution in [3.63, 3.8) is 0 Å². The average Bonchev–Trinajstić information content (AvgIpc) is 3.52. The number of fused-ring (bicyclic) bond motifs is 3. The molecule has 12 heteroatoms. The summed E-state index contributed by atoms with van der Waals surface area (Å²) in [6.45, 7) is 6.61. The van der Waals surface area contributed by atoms with Gasteiger partial charge in [0.05, 0.1) is 24.2 Å². The fourth-order valence-electron chi connectivity index (χ4n) is 5.46. The average molecular weight is 573 g/mol. The van der Waals surface area contributed by atoms with E-state index in [9.17, 15) is 25.2 Å². The lowest BCUT2D eigenvalue weighted by Crippen LogP contribution is -2.50. The first-order valence-corrected chi connectivity index (χ1v) is 13.6. The van der Waals surface area contributed by atoms with Crippen LogP contribution in [0.4, 0.5) is 5.69 Å². The molecular formula is C29H36N2O10. The summed E-state index contributed by atoms with van der Waals surface area (Å²) < 4.78 is 12.7. The van der Waals surface area contributed by atoms with E-state index in [1.54, 1.807) is 19.2 Å². The molecule has 5 rings (SSSR count). The van der Waals surface area contributed by atoms with Crippen molar-refractivity contribution in [2.75, 3.05) is 24.7 Å². The van der Waals surface area contributed by atoms with Gasteiger partial charge < -0.3 is 39.6 Å². The highest BCUT2D eigenvalue weighted by atomic mass is 17.2. The third-order valence-electron chi connectivity index (χ3n) is 7.77. The second-order valence-electron chi connectivity index (χ2n) is 11.1. The van der Waals surface area contributed by atoms with Crippen LogP contribution in [0.2, 0.25) is 0 Å². The lowest BCUT2D eigenvalue weighted by atomic mass is 9.89. The summed E-state index contributed by atoms with van der Waals surface area (Å²) in [7, 11) is 0. The number of aliphatic hydroxyl groups excluding tert-OH is 5. The summed E-state index contributed by atoms with van der Waals surface area (Å²) >= 11 is 0. The number of hydrogen-bond acceptors (Lipinski definition) is 12. The van der Waals surface area contributed by atoms with E-state index in [1.165, 1.54) is 6.07 Å². The number of benzene rings is 1. The number of aryl methyl sites for hydroxylation is 1. The Morgan fingerprint density at radius 1 is 1.17 bits per heavy atom. The molecule has 12 nitrogen and oxygen atoms in total. The lowest BCUT2D eigenvalue weighted by Gasteiger charge is -2.40. The molecule has 5 unspecified atom stereocenters. The second-order valence-corrected chi connectivity index (χ2v) is 11.1. The molecule has 5 atom stereocenters. The quantitative estimate of drug-likeness (QED) is 0.203. The van der Waals surface area contributed by atoms with Gasteiger partial charge in [-0.15, -0.1) is 0 Å². The standard InChI is InChI=1S/C29H36N2O10/c1-5-19-16-6-7-30-18(16)11-31(19)24-27-15(9-17-20(33)8-14(2)39-28(17)24)10-23(29(3,4)40-27)41-38-13-22(35)26(37)25(36)21(34)12-32/h6-9,21-23,25-26,32,34-37H,5,10-13H2,1-4H3. The van der Waals surface area contributed by atoms with Crippen molar-refractivity contribution < 1.29 is 44.5 Å². The summed E-state index contributed by atoms with van der Waals surface area (Å²) in [6.07, 6.45) is -2.72. The number of anilines is 1. The van der Waals surface area contributed by atoms with Crippen LogP contribution in [0.15, 0.2) is 49.9 Å². The van der Waals surface area contributed by atoms with Gasteiger partial charge in [-0.05, 0) is 39.3 Å². The first kappa shape index (κ1) is 29.4. The highest BCUT2D eigenvalue weighted by Gasteiger charge is 2.43. The first-order chi connectivity index (χ1) is 19.5. The van der Waals surface area contributed by atoms with Crippen LogP contribution in [0.25, 0.3) is 11.0 Å². The maximum absolute atomic E-state index is 13.1. The molecule has 3 aliphatic rings. The first-order valence-electron chi connectivity index (χ1n) is 13.6. The Kier molecular flexibility index (Phi) is 8.09. The van der Waals surface area contributed by atoms with Crippen LogP contribution in [0, 0.1) is 6.92 Å². The predicted octanol–water partition coefficient (Wildman–Crippen LogP) is 1.02. The van der Waals surface area contributed by atoms with E-state index in [1.807, 2.05) is 19.9 Å². The molecule has 1 aromatic heterocycles. The summed E-state index contributed by atoms with van der Waals surface area (Å²) in [5.74, 6) is 1.04. The van der Waals surface area contributed by atoms with Crippen molar-refractivity contribution in [3.05, 3.63) is 57.2 Å². The fraction of sp³-hybridized carbons (Fsp3) is 0.517. The minimum atomic E-state index is -1.78. The maximum atomic E-state index is 13.1. The van der Waals surface area contributed by atoms with Crippen LogP contribution in [0.3, 0.4) is 0 Å². The Morgan fingerprint density at radius 2 is 1.90 bits per heavy atom. The predicted molar refractivity (Wildman–Crippen MR) is 149 cm³/mol. The van der Waals surface area contributed by atoms with Crippen LogP contribution in [0.5, 0.6) is 5.75 Å². The molecule has 0 aliphatic carbocycles. The van der Waals surface area contributed by atoms with Crippen molar-refractivity contribution in [2.24, 2.45) is 4.99 Å². The highest BCUT2D eigenvalue weighted by Crippen LogP contribution is 2.48. The normalized spacial score (nSPS) is 22.3. The molecule has 41 heavy (non-hydrogen) atoms. The Labute approximate surface area is 236 Å². The lowest BCUT2D eigenvalue weighted by molar-refractivity contribution is -0.358. The number of nitrogens with zero attached hydrogens (tertiary/aromatic N) is 2. The second kappa shape index (κ2) is 11.3. The van der Waals surface area contributed by atoms with Crippen molar-refractivity contribution in [1.82, 2.24) is 0 Å². The van der Waals surface area contributed by atoms with Crippen LogP contribution in [-0.4, -0.2) is 87.1 Å². The molecule has 0 bridgehead atoms. The third kappa shape index (κ3) is 5.32. The minimum Gasteiger partial charge on any atom is -0.482 e. The van der Waals surface area contributed by atoms with Crippen LogP contribution < -0.4 is 15.1 Å². The molecule has 0 saturated carbocycles. The number of aliphatic imine (C=N–C) groups is 1. The van der Waals surface area contributed by atoms with Gasteiger partial charge >= 0.3 is 0 Å². The molecule has 1 aromatic carbocycles. The van der Waals surface area contributed by atoms with Gasteiger partial charge in [-0.3, -0.25) is 9.79 Å². The molecule has 5 N–H and O–H groups in total. The van der Waals surface area contributed by atoms with E-state index in [2.05, 4.69) is 16.8 Å². The van der Waals surface area contributed by atoms with E-state index in [-0.39, 0.29) is 11.8 Å². The largest absolute Gasteiger partial charge is 0.482 e. The number of ether oxygens (including phenoxy) is 1. The summed E-state index contributed by atoms with van der Waals surface area (Å²) in [4.78, 5) is 30.6. The van der Waals surface area contributed by atoms with Gasteiger partial charge in [-0.25, -0.2) is 9.78 Å². The SMILES string of the molecule is CCC1=C2C=CN=C2CN1c1c2c(cc3c(=O)cc(C)oc13)CC(OOCC(O)C(O)C(O)C(O)CO)C(C)(C)O2. The van der Waals surface area contributed by atoms with Gasteiger partial charge in [-0.1, -0.05) is 6.92 Å². The van der Waals surface area contributed by atoms with Gasteiger partial charge in [0.1, 0.15) is 54.2 Å². The molecular weight excluding hydrogens is 536 g/mol. The molecule has 2 aromatic rings. The van der Waals surface area contributed by atoms with Crippen molar-refractivity contribution in [3.8, 4) is 5.75 Å². The van der Waals surface area contributed by atoms with Gasteiger partial charge in [0, 0.05) is 35.5 Å². The van der Waals surface area contributed by atoms with E-state index in [4.69, 9.17) is 24.0 Å². The molecule has 0 spiro atoms. The van der Waals surface area contributed by atoms with Gasteiger partial charge in [0.15, 0.2) is 16.8 Å². The van der Waals surface area contributed by atoms with Gasteiger partial charge in [0.25, 0.3) is 0 Å². The number of allylic oxidation sites excluding steroid dienone is 2. The molecule has 0 saturated heterocycles. The summed E-state index contributed by atoms with van der Waals surface area (Å²) in [5, 5.41) is 49.0. The van der Waals surface area contributed by atoms with Crippen molar-refractivity contribution in [2.45, 2.75) is 76.7 Å². The van der Waals surface area contributed by atoms with Crippen LogP contribution in [0.1, 0.15) is 38.5 Å². The number of hydrogen-bond donors (Lipinski definition) is 5. The van der Waals surface area contributed by atoms with Gasteiger partial charge in [-0.2, -0.15) is 0 Å².